The van der Waals surface area contributed by atoms with Crippen LogP contribution in [0.25, 0.3) is 10.8 Å². The highest BCUT2D eigenvalue weighted by molar-refractivity contribution is 8.00. The van der Waals surface area contributed by atoms with Crippen LogP contribution in [-0.2, 0) is 4.79 Å². The van der Waals surface area contributed by atoms with Gasteiger partial charge in [-0.3, -0.25) is 14.6 Å². The number of pyridine rings is 2. The van der Waals surface area contributed by atoms with Gasteiger partial charge in [0, 0.05) is 40.2 Å². The maximum atomic E-state index is 13.0. The Balaban J connectivity index is 1.39. The zero-order valence-electron chi connectivity index (χ0n) is 16.3. The molecule has 152 valence electrons. The summed E-state index contributed by atoms with van der Waals surface area (Å²) < 4.78 is 0. The fourth-order valence-corrected chi connectivity index (χ4v) is 4.14. The van der Waals surface area contributed by atoms with Crippen LogP contribution in [0.5, 0.6) is 0 Å². The van der Waals surface area contributed by atoms with E-state index >= 15 is 0 Å². The van der Waals surface area contributed by atoms with E-state index in [-0.39, 0.29) is 11.8 Å². The topological polar surface area (TPSA) is 96.0 Å². The molecule has 8 heteroatoms. The van der Waals surface area contributed by atoms with Crippen molar-refractivity contribution in [1.29, 1.82) is 0 Å². The highest BCUT2D eigenvalue weighted by atomic mass is 32.2. The van der Waals surface area contributed by atoms with Gasteiger partial charge in [0.25, 0.3) is 5.91 Å². The lowest BCUT2D eigenvalue weighted by atomic mass is 10.1. The van der Waals surface area contributed by atoms with Crippen molar-refractivity contribution < 1.29 is 9.59 Å². The summed E-state index contributed by atoms with van der Waals surface area (Å²) in [5.74, 6) is 0.497. The number of nitrogens with one attached hydrogen (secondary N) is 3. The van der Waals surface area contributed by atoms with Crippen LogP contribution in [0.2, 0.25) is 0 Å². The number of anilines is 4. The molecule has 1 aliphatic rings. The third kappa shape index (κ3) is 4.06. The van der Waals surface area contributed by atoms with E-state index in [4.69, 9.17) is 0 Å². The molecule has 4 aromatic rings. The monoisotopic (exact) mass is 427 g/mol. The second-order valence-electron chi connectivity index (χ2n) is 6.96. The summed E-state index contributed by atoms with van der Waals surface area (Å²) in [5.41, 5.74) is 2.51. The van der Waals surface area contributed by atoms with Gasteiger partial charge in [0.1, 0.15) is 5.82 Å². The fraction of sp³-hybridized carbons (Fsp3) is 0.0435. The number of thioether (sulfide) groups is 1. The van der Waals surface area contributed by atoms with E-state index in [1.165, 1.54) is 11.8 Å². The number of fused-ring (bicyclic) bond motifs is 2. The smallest absolute Gasteiger partial charge is 0.259 e. The molecule has 5 rings (SSSR count). The van der Waals surface area contributed by atoms with Gasteiger partial charge in [0.15, 0.2) is 0 Å². The number of benzene rings is 2. The van der Waals surface area contributed by atoms with Gasteiger partial charge in [-0.1, -0.05) is 6.07 Å². The fourth-order valence-electron chi connectivity index (χ4n) is 3.35. The average Bonchev–Trinajstić information content (AvgIpc) is 2.79. The first kappa shape index (κ1) is 19.1. The summed E-state index contributed by atoms with van der Waals surface area (Å²) >= 11 is 1.48. The number of nitrogens with zero attached hydrogens (tertiary/aromatic N) is 2. The number of carbonyl (C=O) groups excluding carboxylic acids is 2. The Hall–Kier alpha value is -3.91. The summed E-state index contributed by atoms with van der Waals surface area (Å²) in [5, 5.41) is 11.0. The van der Waals surface area contributed by atoms with E-state index in [9.17, 15) is 9.59 Å². The van der Waals surface area contributed by atoms with Gasteiger partial charge < -0.3 is 16.0 Å². The molecule has 2 amide bonds. The van der Waals surface area contributed by atoms with Gasteiger partial charge in [-0.2, -0.15) is 0 Å². The number of carbonyl (C=O) groups is 2. The van der Waals surface area contributed by atoms with Crippen LogP contribution in [0.15, 0.2) is 78.1 Å². The molecule has 0 bridgehead atoms. The van der Waals surface area contributed by atoms with Crippen molar-refractivity contribution in [1.82, 2.24) is 9.97 Å². The number of hydrogen-bond donors (Lipinski definition) is 3. The molecule has 0 saturated heterocycles. The summed E-state index contributed by atoms with van der Waals surface area (Å²) in [6.45, 7) is 0. The van der Waals surface area contributed by atoms with Crippen molar-refractivity contribution >= 4 is 57.2 Å². The summed E-state index contributed by atoms with van der Waals surface area (Å²) in [4.78, 5) is 34.1. The molecule has 0 spiro atoms. The van der Waals surface area contributed by atoms with Crippen molar-refractivity contribution in [2.45, 2.75) is 4.90 Å². The molecule has 0 fully saturated rings. The van der Waals surface area contributed by atoms with Crippen LogP contribution in [0.4, 0.5) is 22.9 Å². The maximum absolute atomic E-state index is 13.0. The molecular formula is C23H17N5O2S. The highest BCUT2D eigenvalue weighted by Crippen LogP contribution is 2.33. The average molecular weight is 427 g/mol. The summed E-state index contributed by atoms with van der Waals surface area (Å²) in [6.07, 6.45) is 5.18. The maximum Gasteiger partial charge on any atom is 0.259 e. The molecular weight excluding hydrogens is 410 g/mol. The van der Waals surface area contributed by atoms with E-state index in [1.54, 1.807) is 36.8 Å². The first-order valence-corrected chi connectivity index (χ1v) is 10.6. The van der Waals surface area contributed by atoms with Gasteiger partial charge in [-0.05, 0) is 53.9 Å². The predicted octanol–water partition coefficient (Wildman–Crippen LogP) is 4.67. The zero-order valence-corrected chi connectivity index (χ0v) is 17.1. The van der Waals surface area contributed by atoms with Crippen molar-refractivity contribution in [2.75, 3.05) is 21.7 Å². The molecule has 7 nitrogen and oxygen atoms in total. The zero-order chi connectivity index (χ0) is 21.2. The molecule has 31 heavy (non-hydrogen) atoms. The predicted molar refractivity (Wildman–Crippen MR) is 123 cm³/mol. The molecule has 3 heterocycles. The minimum Gasteiger partial charge on any atom is -0.340 e. The van der Waals surface area contributed by atoms with Gasteiger partial charge in [0.2, 0.25) is 5.91 Å². The van der Waals surface area contributed by atoms with Crippen molar-refractivity contribution in [3.63, 3.8) is 0 Å². The Labute approximate surface area is 182 Å². The quantitative estimate of drug-likeness (QED) is 0.438. The third-order valence-electron chi connectivity index (χ3n) is 4.83. The van der Waals surface area contributed by atoms with Crippen LogP contribution in [0.1, 0.15) is 10.4 Å². The molecule has 0 radical (unpaired) electrons. The standard InChI is InChI=1S/C23H17N5O2S/c29-21-13-31-20-6-5-17(11-19(20)28-21)27-23(30)18-2-1-8-25-22(18)26-16-4-3-14-7-9-24-12-15(14)10-16/h1-12H,13H2,(H,25,26)(H,27,30)(H,28,29). The second-order valence-corrected chi connectivity index (χ2v) is 7.98. The molecule has 0 unspecified atom stereocenters. The van der Waals surface area contributed by atoms with Crippen molar-refractivity contribution in [2.24, 2.45) is 0 Å². The second kappa shape index (κ2) is 8.08. The Bertz CT molecular complexity index is 1320. The number of aromatic nitrogens is 2. The van der Waals surface area contributed by atoms with Crippen molar-refractivity contribution in [3.05, 3.63) is 78.8 Å². The third-order valence-corrected chi connectivity index (χ3v) is 5.90. The van der Waals surface area contributed by atoms with Gasteiger partial charge in [-0.25, -0.2) is 4.98 Å². The Kier molecular flexibility index (Phi) is 4.97. The molecule has 2 aromatic heterocycles. The lowest BCUT2D eigenvalue weighted by molar-refractivity contribution is -0.113. The van der Waals surface area contributed by atoms with E-state index in [0.717, 1.165) is 21.4 Å². The summed E-state index contributed by atoms with van der Waals surface area (Å²) in [7, 11) is 0. The Morgan fingerprint density at radius 1 is 1.00 bits per heavy atom. The lowest BCUT2D eigenvalue weighted by Crippen LogP contribution is -2.19. The molecule has 0 atom stereocenters. The number of rotatable bonds is 4. The highest BCUT2D eigenvalue weighted by Gasteiger charge is 2.17. The van der Waals surface area contributed by atoms with Gasteiger partial charge in [0.05, 0.1) is 17.0 Å². The molecule has 0 aliphatic carbocycles. The SMILES string of the molecule is O=C1CSc2ccc(NC(=O)c3cccnc3Nc3ccc4ccncc4c3)cc2N1. The molecule has 3 N–H and O–H groups in total. The van der Waals surface area contributed by atoms with Crippen LogP contribution in [0, 0.1) is 0 Å². The largest absolute Gasteiger partial charge is 0.340 e. The normalized spacial score (nSPS) is 12.7. The van der Waals surface area contributed by atoms with Crippen LogP contribution in [0.3, 0.4) is 0 Å². The molecule has 2 aromatic carbocycles. The first-order chi connectivity index (χ1) is 15.2. The number of hydrogen-bond acceptors (Lipinski definition) is 6. The van der Waals surface area contributed by atoms with Crippen molar-refractivity contribution in [3.8, 4) is 0 Å². The van der Waals surface area contributed by atoms with E-state index < -0.39 is 0 Å². The van der Waals surface area contributed by atoms with Crippen LogP contribution in [-0.4, -0.2) is 27.5 Å². The lowest BCUT2D eigenvalue weighted by Gasteiger charge is -2.17. The Morgan fingerprint density at radius 2 is 1.90 bits per heavy atom. The van der Waals surface area contributed by atoms with Crippen LogP contribution < -0.4 is 16.0 Å². The molecule has 1 aliphatic heterocycles. The number of amides is 2. The van der Waals surface area contributed by atoms with Crippen LogP contribution >= 0.6 is 11.8 Å². The minimum atomic E-state index is -0.298. The van der Waals surface area contributed by atoms with E-state index in [0.29, 0.717) is 28.5 Å². The minimum absolute atomic E-state index is 0.0506. The van der Waals surface area contributed by atoms with E-state index in [2.05, 4.69) is 25.9 Å². The van der Waals surface area contributed by atoms with Gasteiger partial charge >= 0.3 is 0 Å². The Morgan fingerprint density at radius 3 is 2.84 bits per heavy atom. The van der Waals surface area contributed by atoms with E-state index in [1.807, 2.05) is 36.4 Å². The molecule has 0 saturated carbocycles. The van der Waals surface area contributed by atoms with Gasteiger partial charge in [-0.15, -0.1) is 11.8 Å². The first-order valence-electron chi connectivity index (χ1n) is 9.59. The summed E-state index contributed by atoms with van der Waals surface area (Å²) in [6, 6.07) is 16.7.